The van der Waals surface area contributed by atoms with Crippen molar-refractivity contribution in [1.29, 1.82) is 0 Å². The quantitative estimate of drug-likeness (QED) is 0.272. The van der Waals surface area contributed by atoms with Gasteiger partial charge < -0.3 is 8.39 Å². The van der Waals surface area contributed by atoms with Crippen molar-refractivity contribution in [2.45, 2.75) is 6.92 Å². The van der Waals surface area contributed by atoms with Crippen LogP contribution in [0.3, 0.4) is 0 Å². The second-order valence-corrected chi connectivity index (χ2v) is 9.22. The van der Waals surface area contributed by atoms with Crippen LogP contribution in [0.4, 0.5) is 0 Å². The lowest BCUT2D eigenvalue weighted by Crippen LogP contribution is -1.97. The summed E-state index contributed by atoms with van der Waals surface area (Å²) in [4.78, 5) is 0. The zero-order valence-electron chi connectivity index (χ0n) is 16.1. The molecule has 29 heavy (non-hydrogen) atoms. The van der Waals surface area contributed by atoms with Crippen LogP contribution in [-0.4, -0.2) is 18.1 Å². The van der Waals surface area contributed by atoms with E-state index < -0.39 is 8.24 Å². The van der Waals surface area contributed by atoms with E-state index in [9.17, 15) is 0 Å². The van der Waals surface area contributed by atoms with Crippen LogP contribution < -0.4 is 4.52 Å². The lowest BCUT2D eigenvalue weighted by atomic mass is 9.99. The molecule has 0 aliphatic heterocycles. The van der Waals surface area contributed by atoms with E-state index in [1.54, 1.807) is 0 Å². The normalized spacial score (nSPS) is 11.6. The molecular weight excluding hydrogens is 399 g/mol. The Morgan fingerprint density at radius 1 is 0.759 bits per heavy atom. The molecule has 146 valence electrons. The van der Waals surface area contributed by atoms with Gasteiger partial charge in [-0.1, -0.05) is 67.6 Å². The SMILES string of the molecule is CCSCCOp1oc2ccc3ccccc3c2c2c(ccc3ccccc32)o1. The maximum Gasteiger partial charge on any atom is 0.387 e. The first kappa shape index (κ1) is 18.6. The third-order valence-electron chi connectivity index (χ3n) is 5.01. The van der Waals surface area contributed by atoms with Gasteiger partial charge >= 0.3 is 8.24 Å². The van der Waals surface area contributed by atoms with Crippen LogP contribution in [0, 0.1) is 0 Å². The minimum atomic E-state index is -1.51. The summed E-state index contributed by atoms with van der Waals surface area (Å²) in [6.45, 7) is 2.76. The van der Waals surface area contributed by atoms with Crippen LogP contribution in [0.15, 0.2) is 81.2 Å². The van der Waals surface area contributed by atoms with Gasteiger partial charge in [0.25, 0.3) is 0 Å². The van der Waals surface area contributed by atoms with E-state index in [2.05, 4.69) is 67.6 Å². The minimum absolute atomic E-state index is 0.607. The zero-order valence-corrected chi connectivity index (χ0v) is 17.8. The molecule has 0 saturated carbocycles. The van der Waals surface area contributed by atoms with Crippen LogP contribution in [0.1, 0.15) is 6.92 Å². The average Bonchev–Trinajstić information content (AvgIpc) is 2.93. The molecule has 0 saturated heterocycles. The molecule has 0 spiro atoms. The molecule has 3 nitrogen and oxygen atoms in total. The third-order valence-corrected chi connectivity index (χ3v) is 6.95. The molecule has 0 aliphatic rings. The molecule has 5 aromatic rings. The van der Waals surface area contributed by atoms with E-state index in [0.29, 0.717) is 6.61 Å². The molecule has 0 fully saturated rings. The van der Waals surface area contributed by atoms with E-state index in [1.807, 2.05) is 23.9 Å². The molecule has 4 aromatic carbocycles. The molecule has 0 unspecified atom stereocenters. The highest BCUT2D eigenvalue weighted by atomic mass is 32.2. The first-order chi connectivity index (χ1) is 14.3. The Balaban J connectivity index is 1.89. The smallest absolute Gasteiger partial charge is 0.387 e. The van der Waals surface area contributed by atoms with E-state index in [4.69, 9.17) is 12.9 Å². The van der Waals surface area contributed by atoms with E-state index in [1.165, 1.54) is 10.8 Å². The Morgan fingerprint density at radius 2 is 1.31 bits per heavy atom. The van der Waals surface area contributed by atoms with Crippen molar-refractivity contribution in [1.82, 2.24) is 0 Å². The summed E-state index contributed by atoms with van der Waals surface area (Å²) in [5.74, 6) is 2.00. The van der Waals surface area contributed by atoms with Crippen LogP contribution in [0.25, 0.3) is 43.5 Å². The maximum absolute atomic E-state index is 6.29. The molecule has 5 rings (SSSR count). The summed E-state index contributed by atoms with van der Waals surface area (Å²) in [5, 5.41) is 6.83. The summed E-state index contributed by atoms with van der Waals surface area (Å²) < 4.78 is 18.6. The predicted molar refractivity (Wildman–Crippen MR) is 126 cm³/mol. The molecule has 0 amide bonds. The van der Waals surface area contributed by atoms with Crippen LogP contribution in [-0.2, 0) is 0 Å². The molecule has 0 radical (unpaired) electrons. The number of rotatable bonds is 5. The van der Waals surface area contributed by atoms with Gasteiger partial charge in [-0.2, -0.15) is 11.8 Å². The van der Waals surface area contributed by atoms with Gasteiger partial charge in [0, 0.05) is 16.5 Å². The fraction of sp³-hybridized carbons (Fsp3) is 0.167. The van der Waals surface area contributed by atoms with Gasteiger partial charge in [0.2, 0.25) is 0 Å². The Morgan fingerprint density at radius 3 is 1.86 bits per heavy atom. The monoisotopic (exact) mass is 420 g/mol. The molecular formula is C24H21O3PS. The van der Waals surface area contributed by atoms with Gasteiger partial charge in [-0.3, -0.25) is 4.52 Å². The topological polar surface area (TPSA) is 35.5 Å². The van der Waals surface area contributed by atoms with Crippen molar-refractivity contribution in [2.75, 3.05) is 18.1 Å². The summed E-state index contributed by atoms with van der Waals surface area (Å²) in [7, 11) is -1.51. The molecule has 0 atom stereocenters. The van der Waals surface area contributed by atoms with Crippen molar-refractivity contribution in [3.8, 4) is 0 Å². The number of benzene rings is 4. The Hall–Kier alpha value is -2.39. The van der Waals surface area contributed by atoms with Crippen molar-refractivity contribution in [3.05, 3.63) is 72.8 Å². The fourth-order valence-corrected chi connectivity index (χ4v) is 5.34. The summed E-state index contributed by atoms with van der Waals surface area (Å²) in [5.41, 5.74) is 1.63. The molecule has 0 bridgehead atoms. The zero-order chi connectivity index (χ0) is 19.6. The fourth-order valence-electron chi connectivity index (χ4n) is 3.72. The van der Waals surface area contributed by atoms with Gasteiger partial charge in [-0.05, 0) is 39.4 Å². The van der Waals surface area contributed by atoms with E-state index in [-0.39, 0.29) is 0 Å². The van der Waals surface area contributed by atoms with Gasteiger partial charge in [-0.25, -0.2) is 0 Å². The number of thioether (sulfide) groups is 1. The van der Waals surface area contributed by atoms with E-state index in [0.717, 1.165) is 44.2 Å². The number of hydrogen-bond acceptors (Lipinski definition) is 4. The maximum atomic E-state index is 6.29. The largest absolute Gasteiger partial charge is 0.399 e. The van der Waals surface area contributed by atoms with Crippen molar-refractivity contribution >= 4 is 63.5 Å². The van der Waals surface area contributed by atoms with Crippen molar-refractivity contribution < 1.29 is 12.9 Å². The minimum Gasteiger partial charge on any atom is -0.399 e. The van der Waals surface area contributed by atoms with Gasteiger partial charge in [0.15, 0.2) is 0 Å². The third kappa shape index (κ3) is 3.53. The highest BCUT2D eigenvalue weighted by molar-refractivity contribution is 7.99. The standard InChI is InChI=1S/C24H21O3PS/c1-2-29-16-15-25-28-26-21-13-11-17-7-3-5-9-19(17)23(21)24-20-10-6-4-8-18(20)12-14-22(24)27-28/h3-14H,2,15-16H2,1H3. The van der Waals surface area contributed by atoms with E-state index >= 15 is 0 Å². The van der Waals surface area contributed by atoms with Crippen LogP contribution >= 0.6 is 20.0 Å². The van der Waals surface area contributed by atoms with Crippen LogP contribution in [0.5, 0.6) is 0 Å². The predicted octanol–water partition coefficient (Wildman–Crippen LogP) is 7.78. The Kier molecular flexibility index (Phi) is 5.24. The highest BCUT2D eigenvalue weighted by Gasteiger charge is 2.13. The lowest BCUT2D eigenvalue weighted by molar-refractivity contribution is 0.397. The molecule has 0 aliphatic carbocycles. The van der Waals surface area contributed by atoms with Gasteiger partial charge in [0.05, 0.1) is 6.61 Å². The Labute approximate surface area is 174 Å². The van der Waals surface area contributed by atoms with Crippen molar-refractivity contribution in [2.24, 2.45) is 0 Å². The summed E-state index contributed by atoms with van der Waals surface area (Å²) in [6.07, 6.45) is 0. The number of fused-ring (bicyclic) bond motifs is 7. The van der Waals surface area contributed by atoms with Gasteiger partial charge in [-0.15, -0.1) is 0 Å². The first-order valence-corrected chi connectivity index (χ1v) is 12.0. The molecule has 0 N–H and O–H groups in total. The second-order valence-electron chi connectivity index (χ2n) is 6.76. The molecule has 1 heterocycles. The highest BCUT2D eigenvalue weighted by Crippen LogP contribution is 2.40. The first-order valence-electron chi connectivity index (χ1n) is 9.76. The summed E-state index contributed by atoms with van der Waals surface area (Å²) >= 11 is 1.85. The average molecular weight is 420 g/mol. The molecule has 1 aromatic heterocycles. The second kappa shape index (κ2) is 8.16. The lowest BCUT2D eigenvalue weighted by Gasteiger charge is -2.05. The summed E-state index contributed by atoms with van der Waals surface area (Å²) in [6, 6.07) is 25.1. The van der Waals surface area contributed by atoms with Gasteiger partial charge in [0.1, 0.15) is 11.2 Å². The van der Waals surface area contributed by atoms with Crippen molar-refractivity contribution in [3.63, 3.8) is 0 Å². The molecule has 5 heteroatoms. The number of hydrogen-bond donors (Lipinski definition) is 0. The van der Waals surface area contributed by atoms with Crippen LogP contribution in [0.2, 0.25) is 0 Å². The Bertz CT molecular complexity index is 1260.